The van der Waals surface area contributed by atoms with Crippen LogP contribution in [0.4, 0.5) is 0 Å². The number of hydrogen-bond donors (Lipinski definition) is 2. The van der Waals surface area contributed by atoms with E-state index in [1.807, 2.05) is 72.0 Å². The summed E-state index contributed by atoms with van der Waals surface area (Å²) in [4.78, 5) is 86.6. The van der Waals surface area contributed by atoms with Crippen LogP contribution in [0.1, 0.15) is 104 Å². The number of carbonyl (C=O) groups is 5. The summed E-state index contributed by atoms with van der Waals surface area (Å²) in [5.41, 5.74) is 7.52. The fraction of sp³-hybridized carbons (Fsp3) is 0.582. The molecule has 3 aromatic rings. The molecule has 5 atom stereocenters. The van der Waals surface area contributed by atoms with Crippen molar-refractivity contribution in [1.29, 1.82) is 0 Å². The van der Waals surface area contributed by atoms with Gasteiger partial charge in [0.2, 0.25) is 11.8 Å². The Morgan fingerprint density at radius 1 is 1.15 bits per heavy atom. The minimum Gasteiger partial charge on any atom is -0.464 e. The number of aryl methyl sites for hydroxylation is 1. The first-order chi connectivity index (χ1) is 34.1. The molecule has 2 aromatic heterocycles. The number of benzene rings is 1. The van der Waals surface area contributed by atoms with E-state index >= 15 is 0 Å². The second kappa shape index (κ2) is 21.8. The van der Waals surface area contributed by atoms with E-state index in [1.54, 1.807) is 23.1 Å². The van der Waals surface area contributed by atoms with Gasteiger partial charge < -0.3 is 29.2 Å². The van der Waals surface area contributed by atoms with Gasteiger partial charge in [-0.05, 0) is 110 Å². The molecule has 6 bridgehead atoms. The van der Waals surface area contributed by atoms with E-state index in [1.165, 1.54) is 16.3 Å². The number of esters is 1. The number of aromatic nitrogens is 2. The topological polar surface area (TPSA) is 171 Å². The summed E-state index contributed by atoms with van der Waals surface area (Å²) in [7, 11) is 5.48. The number of nitrogens with zero attached hydrogens (tertiary/aromatic N) is 7. The number of ether oxygens (including phenoxy) is 2. The lowest BCUT2D eigenvalue weighted by atomic mass is 9.84. The van der Waals surface area contributed by atoms with Crippen LogP contribution < -0.4 is 10.7 Å². The van der Waals surface area contributed by atoms with Gasteiger partial charge in [0.15, 0.2) is 0 Å². The Bertz CT molecular complexity index is 2720. The molecule has 2 N–H and O–H groups in total. The second-order valence-corrected chi connectivity index (χ2v) is 22.6. The van der Waals surface area contributed by atoms with E-state index in [2.05, 4.69) is 72.7 Å². The number of likely N-dealkylation sites (tertiary alicyclic amines) is 2. The lowest BCUT2D eigenvalue weighted by molar-refractivity contribution is -0.155. The van der Waals surface area contributed by atoms with Gasteiger partial charge in [-0.2, -0.15) is 0 Å². The predicted octanol–water partition coefficient (Wildman–Crippen LogP) is 6.28. The van der Waals surface area contributed by atoms with Crippen molar-refractivity contribution in [3.63, 3.8) is 0 Å². The molecule has 3 fully saturated rings. The molecule has 6 heterocycles. The van der Waals surface area contributed by atoms with Gasteiger partial charge in [0.05, 0.1) is 45.8 Å². The lowest BCUT2D eigenvalue weighted by Gasteiger charge is -2.36. The monoisotopic (exact) mass is 1010 g/mol. The highest BCUT2D eigenvalue weighted by Gasteiger charge is 2.54. The zero-order chi connectivity index (χ0) is 52.4. The number of thiazole rings is 1. The van der Waals surface area contributed by atoms with E-state index in [0.29, 0.717) is 63.3 Å². The maximum absolute atomic E-state index is 14.8. The molecule has 4 amide bonds. The van der Waals surface area contributed by atoms with Crippen molar-refractivity contribution >= 4 is 63.6 Å². The molecular formula is C55H75N9O7S. The number of nitrogens with one attached hydrogen (secondary N) is 2. The lowest BCUT2D eigenvalue weighted by Crippen LogP contribution is -2.62. The third-order valence-electron chi connectivity index (χ3n) is 15.1. The molecule has 72 heavy (non-hydrogen) atoms. The number of rotatable bonds is 11. The van der Waals surface area contributed by atoms with Crippen molar-refractivity contribution in [1.82, 2.24) is 40.0 Å². The molecule has 16 nitrogen and oxygen atoms in total. The number of methoxy groups -OCH3 is 1. The van der Waals surface area contributed by atoms with Gasteiger partial charge in [-0.15, -0.1) is 11.3 Å². The molecule has 0 unspecified atom stereocenters. The standard InChI is InChI=1S/C55H75N9O7S/c1-14-37(46(56-15-2)35(6)70-13)48-39-30-53(7,8)33-71-51(68)40-18-17-25-64(59-40)50(67)41(29-44-57-42(31-72-44)36-19-20-43(38(39)28-36)62(48)16-3)58-49(66)47(34(4)5)63-27-24-55(52(63)69)23-26-61(32-55)45(65)21-22-54(9,10)60(11)12/h14-15,19-20,28,31,34-35,40-41,47,59H,1,16-18,23-27,29-30,32-33H2,2-13H3,(H,58,66)/b46-37+,56-15-/t35-,40-,41-,47-,55-/m0/s1. The van der Waals surface area contributed by atoms with Crippen LogP contribution in [0.5, 0.6) is 0 Å². The molecule has 17 heteroatoms. The van der Waals surface area contributed by atoms with Crippen molar-refractivity contribution in [3.05, 3.63) is 58.2 Å². The highest BCUT2D eigenvalue weighted by atomic mass is 32.1. The molecule has 1 aromatic carbocycles. The Kier molecular flexibility index (Phi) is 16.4. The van der Waals surface area contributed by atoms with Crippen LogP contribution in [0, 0.1) is 28.6 Å². The molecule has 4 aliphatic heterocycles. The molecule has 7 rings (SSSR count). The molecule has 1 spiro atoms. The summed E-state index contributed by atoms with van der Waals surface area (Å²) in [5.74, 6) is 3.72. The molecule has 0 radical (unpaired) electrons. The SMILES string of the molecule is C=C/C(=C(\N=C/C)[C@H](C)OC)c1c2c3cc(ccc3n1CC)-c1csc(n1)C[C@H](NC(=O)[C@H](C(C)C)N1CC[C@]3(CCN(C(=O)C#CC(C)(C)N(C)C)C3)C1=O)C(=O)N1CCC[C@H](N1)C(=O)OCC(C)(C)C2. The number of amides is 4. The Morgan fingerprint density at radius 2 is 1.89 bits per heavy atom. The van der Waals surface area contributed by atoms with Crippen LogP contribution in [-0.4, -0.2) is 149 Å². The second-order valence-electron chi connectivity index (χ2n) is 21.6. The summed E-state index contributed by atoms with van der Waals surface area (Å²) >= 11 is 1.40. The summed E-state index contributed by atoms with van der Waals surface area (Å²) in [6, 6.07) is 3.54. The van der Waals surface area contributed by atoms with Crippen LogP contribution in [0.15, 0.2) is 46.9 Å². The number of fused-ring (bicyclic) bond motifs is 6. The van der Waals surface area contributed by atoms with Crippen LogP contribution >= 0.6 is 11.3 Å². The van der Waals surface area contributed by atoms with Crippen molar-refractivity contribution in [3.8, 4) is 23.1 Å². The maximum atomic E-state index is 14.8. The number of hydrazine groups is 1. The zero-order valence-corrected chi connectivity index (χ0v) is 45.3. The summed E-state index contributed by atoms with van der Waals surface area (Å²) in [6.07, 6.45) is 5.84. The smallest absolute Gasteiger partial charge is 0.324 e. The average molecular weight is 1010 g/mol. The quantitative estimate of drug-likeness (QED) is 0.0966. The third kappa shape index (κ3) is 11.0. The van der Waals surface area contributed by atoms with Crippen LogP contribution in [-0.2, 0) is 52.8 Å². The fourth-order valence-electron chi connectivity index (χ4n) is 10.5. The van der Waals surface area contributed by atoms with Crippen LogP contribution in [0.2, 0.25) is 0 Å². The van der Waals surface area contributed by atoms with Gasteiger partial charge >= 0.3 is 5.97 Å². The van der Waals surface area contributed by atoms with Crippen LogP contribution in [0.3, 0.4) is 0 Å². The average Bonchev–Trinajstić information content (AvgIpc) is 4.14. The first kappa shape index (κ1) is 54.1. The third-order valence-corrected chi connectivity index (χ3v) is 16.0. The summed E-state index contributed by atoms with van der Waals surface area (Å²) in [5, 5.41) is 8.13. The van der Waals surface area contributed by atoms with Crippen molar-refractivity contribution in [2.75, 3.05) is 54.0 Å². The van der Waals surface area contributed by atoms with E-state index in [0.717, 1.165) is 44.7 Å². The van der Waals surface area contributed by atoms with Crippen LogP contribution in [0.25, 0.3) is 27.7 Å². The molecule has 3 saturated heterocycles. The van der Waals surface area contributed by atoms with Crippen molar-refractivity contribution in [2.45, 2.75) is 137 Å². The Hall–Kier alpha value is -5.67. The van der Waals surface area contributed by atoms with Gasteiger partial charge in [0.1, 0.15) is 18.1 Å². The summed E-state index contributed by atoms with van der Waals surface area (Å²) in [6.45, 7) is 24.1. The Balaban J connectivity index is 1.24. The molecule has 0 saturated carbocycles. The molecule has 0 aliphatic carbocycles. The van der Waals surface area contributed by atoms with Gasteiger partial charge in [0.25, 0.3) is 11.8 Å². The Morgan fingerprint density at radius 3 is 2.56 bits per heavy atom. The number of cyclic esters (lactones) is 1. The number of carbonyl (C=O) groups excluding carboxylic acids is 5. The van der Waals surface area contributed by atoms with E-state index < -0.39 is 52.3 Å². The first-order valence-corrected chi connectivity index (χ1v) is 26.3. The van der Waals surface area contributed by atoms with E-state index in [9.17, 15) is 24.0 Å². The Labute approximate surface area is 429 Å². The highest BCUT2D eigenvalue weighted by Crippen LogP contribution is 2.43. The van der Waals surface area contributed by atoms with Gasteiger partial charge in [-0.3, -0.25) is 38.9 Å². The maximum Gasteiger partial charge on any atom is 0.324 e. The van der Waals surface area contributed by atoms with Gasteiger partial charge in [-0.1, -0.05) is 52.3 Å². The van der Waals surface area contributed by atoms with E-state index in [-0.39, 0.29) is 43.4 Å². The van der Waals surface area contributed by atoms with Gasteiger partial charge in [0, 0.05) is 85.3 Å². The highest BCUT2D eigenvalue weighted by molar-refractivity contribution is 7.10. The molecule has 4 aliphatic rings. The number of aliphatic imine (C=N–C) groups is 1. The van der Waals surface area contributed by atoms with Crippen molar-refractivity contribution in [2.24, 2.45) is 21.7 Å². The fourth-order valence-corrected chi connectivity index (χ4v) is 11.3. The number of allylic oxidation sites excluding steroid dienone is 2. The van der Waals surface area contributed by atoms with Crippen molar-refractivity contribution < 1.29 is 33.4 Å². The number of hydrogen-bond acceptors (Lipinski definition) is 12. The predicted molar refractivity (Wildman–Crippen MR) is 283 cm³/mol. The molecular weight excluding hydrogens is 931 g/mol. The molecule has 388 valence electrons. The van der Waals surface area contributed by atoms with Gasteiger partial charge in [-0.25, -0.2) is 10.4 Å². The largest absolute Gasteiger partial charge is 0.464 e. The normalized spacial score (nSPS) is 23.1. The summed E-state index contributed by atoms with van der Waals surface area (Å²) < 4.78 is 14.3. The minimum atomic E-state index is -1.09. The van der Waals surface area contributed by atoms with E-state index in [4.69, 9.17) is 19.5 Å². The zero-order valence-electron chi connectivity index (χ0n) is 44.4. The minimum absolute atomic E-state index is 0.0674. The first-order valence-electron chi connectivity index (χ1n) is 25.4.